The quantitative estimate of drug-likeness (QED) is 0.558. The van der Waals surface area contributed by atoms with Crippen LogP contribution in [-0.2, 0) is 36.9 Å². The molecule has 0 bridgehead atoms. The van der Waals surface area contributed by atoms with E-state index < -0.39 is 42.4 Å². The second-order valence-electron chi connectivity index (χ2n) is 7.65. The summed E-state index contributed by atoms with van der Waals surface area (Å²) in [7, 11) is 1.21. The van der Waals surface area contributed by atoms with Gasteiger partial charge in [-0.15, -0.1) is 0 Å². The number of fused-ring (bicyclic) bond motifs is 1. The number of carboxylic acid groups (broad SMARTS) is 1. The summed E-state index contributed by atoms with van der Waals surface area (Å²) in [4.78, 5) is 50.6. The van der Waals surface area contributed by atoms with Gasteiger partial charge in [-0.3, -0.25) is 14.4 Å². The molecule has 0 saturated heterocycles. The summed E-state index contributed by atoms with van der Waals surface area (Å²) in [5, 5.41) is 11.7. The number of hydrogen-bond acceptors (Lipinski definition) is 6. The van der Waals surface area contributed by atoms with Crippen LogP contribution in [0.5, 0.6) is 0 Å². The first-order valence-electron chi connectivity index (χ1n) is 10.5. The molecule has 2 aromatic rings. The van der Waals surface area contributed by atoms with Gasteiger partial charge in [0.05, 0.1) is 19.6 Å². The zero-order valence-corrected chi connectivity index (χ0v) is 18.2. The maximum absolute atomic E-state index is 13.4. The second-order valence-corrected chi connectivity index (χ2v) is 7.65. The predicted molar refractivity (Wildman–Crippen MR) is 117 cm³/mol. The highest BCUT2D eigenvalue weighted by Crippen LogP contribution is 2.36. The fourth-order valence-corrected chi connectivity index (χ4v) is 3.89. The molecule has 174 valence electrons. The maximum Gasteiger partial charge on any atom is 0.408 e. The molecule has 0 saturated carbocycles. The minimum atomic E-state index is -1.41. The van der Waals surface area contributed by atoms with Crippen LogP contribution in [-0.4, -0.2) is 53.6 Å². The topological polar surface area (TPSA) is 122 Å². The highest BCUT2D eigenvalue weighted by atomic mass is 16.5. The number of alkyl carbamates (subject to hydrolysis) is 1. The summed E-state index contributed by atoms with van der Waals surface area (Å²) in [5.41, 5.74) is 2.68. The molecule has 0 heterocycles. The van der Waals surface area contributed by atoms with Crippen molar-refractivity contribution in [3.63, 3.8) is 0 Å². The molecule has 9 nitrogen and oxygen atoms in total. The second kappa shape index (κ2) is 11.1. The van der Waals surface area contributed by atoms with Crippen molar-refractivity contribution in [1.82, 2.24) is 10.2 Å². The van der Waals surface area contributed by atoms with Crippen molar-refractivity contribution in [2.24, 2.45) is 0 Å². The van der Waals surface area contributed by atoms with Gasteiger partial charge < -0.3 is 24.8 Å². The molecule has 3 rings (SSSR count). The number of carbonyl (C=O) groups excluding carboxylic acids is 3. The number of hydrogen-bond donors (Lipinski definition) is 2. The third kappa shape index (κ3) is 6.31. The van der Waals surface area contributed by atoms with E-state index in [1.54, 1.807) is 24.3 Å². The molecule has 1 unspecified atom stereocenters. The molecular formula is C24H26N2O7. The number of amides is 2. The lowest BCUT2D eigenvalue weighted by atomic mass is 10.0. The van der Waals surface area contributed by atoms with Crippen LogP contribution in [0.3, 0.4) is 0 Å². The molecule has 0 radical (unpaired) electrons. The lowest BCUT2D eigenvalue weighted by Gasteiger charge is -2.32. The van der Waals surface area contributed by atoms with Crippen molar-refractivity contribution in [2.75, 3.05) is 13.7 Å². The molecule has 1 aliphatic rings. The largest absolute Gasteiger partial charge is 0.481 e. The van der Waals surface area contributed by atoms with E-state index in [2.05, 4.69) is 5.32 Å². The number of benzene rings is 2. The van der Waals surface area contributed by atoms with E-state index in [-0.39, 0.29) is 13.2 Å². The lowest BCUT2D eigenvalue weighted by Crippen LogP contribution is -2.51. The molecule has 0 aliphatic heterocycles. The summed E-state index contributed by atoms with van der Waals surface area (Å²) in [6.45, 7) is -0.409. The molecule has 0 aromatic heterocycles. The van der Waals surface area contributed by atoms with Gasteiger partial charge in [0.25, 0.3) is 0 Å². The van der Waals surface area contributed by atoms with Gasteiger partial charge in [0, 0.05) is 0 Å². The number of methoxy groups -OCH3 is 1. The minimum Gasteiger partial charge on any atom is -0.481 e. The summed E-state index contributed by atoms with van der Waals surface area (Å²) in [6.07, 6.45) is -0.309. The van der Waals surface area contributed by atoms with Crippen LogP contribution in [0.1, 0.15) is 35.6 Å². The molecule has 2 N–H and O–H groups in total. The smallest absolute Gasteiger partial charge is 0.408 e. The first-order chi connectivity index (χ1) is 15.9. The van der Waals surface area contributed by atoms with Crippen molar-refractivity contribution in [3.8, 4) is 0 Å². The fraction of sp³-hybridized carbons (Fsp3) is 0.333. The number of nitrogens with zero attached hydrogens (tertiary/aromatic N) is 1. The Morgan fingerprint density at radius 1 is 1.09 bits per heavy atom. The maximum atomic E-state index is 13.4. The Morgan fingerprint density at radius 3 is 2.48 bits per heavy atom. The van der Waals surface area contributed by atoms with Gasteiger partial charge in [0.15, 0.2) is 0 Å². The predicted octanol–water partition coefficient (Wildman–Crippen LogP) is 2.45. The Morgan fingerprint density at radius 2 is 1.79 bits per heavy atom. The highest BCUT2D eigenvalue weighted by molar-refractivity contribution is 5.91. The molecule has 9 heteroatoms. The number of nitrogens with one attached hydrogen (secondary N) is 1. The molecule has 0 fully saturated rings. The summed E-state index contributed by atoms with van der Waals surface area (Å²) >= 11 is 0. The van der Waals surface area contributed by atoms with E-state index in [0.717, 1.165) is 16.7 Å². The van der Waals surface area contributed by atoms with Crippen molar-refractivity contribution < 1.29 is 33.8 Å². The van der Waals surface area contributed by atoms with Crippen molar-refractivity contribution in [1.29, 1.82) is 0 Å². The van der Waals surface area contributed by atoms with E-state index in [9.17, 15) is 24.3 Å². The van der Waals surface area contributed by atoms with Crippen LogP contribution in [0, 0.1) is 0 Å². The monoisotopic (exact) mass is 454 g/mol. The van der Waals surface area contributed by atoms with Crippen molar-refractivity contribution in [3.05, 3.63) is 71.3 Å². The number of ether oxygens (including phenoxy) is 2. The summed E-state index contributed by atoms with van der Waals surface area (Å²) in [6, 6.07) is 14.6. The van der Waals surface area contributed by atoms with Crippen LogP contribution >= 0.6 is 0 Å². The van der Waals surface area contributed by atoms with Crippen LogP contribution in [0.2, 0.25) is 0 Å². The fourth-order valence-electron chi connectivity index (χ4n) is 3.89. The number of esters is 1. The Kier molecular flexibility index (Phi) is 8.01. The molecule has 1 aliphatic carbocycles. The van der Waals surface area contributed by atoms with E-state index in [0.29, 0.717) is 12.8 Å². The SMILES string of the molecule is COC(=O)CN(C(=O)[C@H](CC(=O)O)NC(=O)OCc1ccccc1)C1CCc2ccccc21. The Hall–Kier alpha value is -3.88. The first kappa shape index (κ1) is 23.8. The third-order valence-corrected chi connectivity index (χ3v) is 5.47. The lowest BCUT2D eigenvalue weighted by molar-refractivity contribution is -0.150. The Labute approximate surface area is 191 Å². The van der Waals surface area contributed by atoms with Crippen molar-refractivity contribution >= 4 is 23.9 Å². The zero-order chi connectivity index (χ0) is 23.8. The van der Waals surface area contributed by atoms with Gasteiger partial charge in [0.2, 0.25) is 5.91 Å². The average molecular weight is 454 g/mol. The van der Waals surface area contributed by atoms with Crippen LogP contribution in [0.4, 0.5) is 4.79 Å². The molecule has 33 heavy (non-hydrogen) atoms. The molecule has 0 spiro atoms. The van der Waals surface area contributed by atoms with E-state index >= 15 is 0 Å². The summed E-state index contributed by atoms with van der Waals surface area (Å²) in [5.74, 6) is -2.61. The third-order valence-electron chi connectivity index (χ3n) is 5.47. The summed E-state index contributed by atoms with van der Waals surface area (Å²) < 4.78 is 9.90. The number of rotatable bonds is 9. The Bertz CT molecular complexity index is 1010. The zero-order valence-electron chi connectivity index (χ0n) is 18.2. The normalized spacial score (nSPS) is 15.1. The van der Waals surface area contributed by atoms with Gasteiger partial charge in [-0.2, -0.15) is 0 Å². The minimum absolute atomic E-state index is 0.0392. The standard InChI is InChI=1S/C24H26N2O7/c1-32-22(29)14-26(20-12-11-17-9-5-6-10-18(17)20)23(30)19(13-21(27)28)25-24(31)33-15-16-7-3-2-4-8-16/h2-10,19-20H,11-15H2,1H3,(H,25,31)(H,27,28)/t19-,20?/m0/s1. The molecular weight excluding hydrogens is 428 g/mol. The van der Waals surface area contributed by atoms with Crippen LogP contribution in [0.25, 0.3) is 0 Å². The van der Waals surface area contributed by atoms with E-state index in [4.69, 9.17) is 9.47 Å². The number of aliphatic carboxylic acids is 1. The van der Waals surface area contributed by atoms with Gasteiger partial charge in [-0.1, -0.05) is 54.6 Å². The van der Waals surface area contributed by atoms with Crippen molar-refractivity contribution in [2.45, 2.75) is 38.0 Å². The number of aryl methyl sites for hydroxylation is 1. The first-order valence-corrected chi connectivity index (χ1v) is 10.5. The number of carboxylic acids is 1. The van der Waals surface area contributed by atoms with Gasteiger partial charge >= 0.3 is 18.0 Å². The molecule has 2 aromatic carbocycles. The molecule has 2 amide bonds. The Balaban J connectivity index is 1.78. The van der Waals surface area contributed by atoms with Crippen LogP contribution < -0.4 is 5.32 Å². The molecule has 2 atom stereocenters. The van der Waals surface area contributed by atoms with Crippen LogP contribution in [0.15, 0.2) is 54.6 Å². The van der Waals surface area contributed by atoms with Gasteiger partial charge in [-0.25, -0.2) is 4.79 Å². The van der Waals surface area contributed by atoms with E-state index in [1.807, 2.05) is 30.3 Å². The van der Waals surface area contributed by atoms with Gasteiger partial charge in [0.1, 0.15) is 19.2 Å². The number of carbonyl (C=O) groups is 4. The van der Waals surface area contributed by atoms with Gasteiger partial charge in [-0.05, 0) is 29.5 Å². The highest BCUT2D eigenvalue weighted by Gasteiger charge is 2.37. The van der Waals surface area contributed by atoms with E-state index in [1.165, 1.54) is 12.0 Å². The average Bonchev–Trinajstić information content (AvgIpc) is 3.24.